The molecule has 0 heterocycles. The van der Waals surface area contributed by atoms with Crippen molar-refractivity contribution >= 4 is 28.7 Å². The van der Waals surface area contributed by atoms with Gasteiger partial charge in [0.1, 0.15) is 5.75 Å². The lowest BCUT2D eigenvalue weighted by Gasteiger charge is -2.11. The van der Waals surface area contributed by atoms with E-state index in [1.807, 2.05) is 19.1 Å². The third-order valence-electron chi connectivity index (χ3n) is 1.85. The molecular weight excluding hydrogens is 202 g/mol. The summed E-state index contributed by atoms with van der Waals surface area (Å²) in [5.74, 6) is 0.187. The van der Waals surface area contributed by atoms with Crippen LogP contribution in [0.25, 0.3) is 0 Å². The standard InChI is InChI=1S/C9H11NOS2/c1-6(13-12)8-4-2-3-7(5-10)9(8)11/h2-6,10-12H,1H3. The first-order chi connectivity index (χ1) is 6.20. The predicted molar refractivity (Wildman–Crippen MR) is 61.0 cm³/mol. The Morgan fingerprint density at radius 2 is 2.31 bits per heavy atom. The molecule has 0 aromatic heterocycles. The van der Waals surface area contributed by atoms with Crippen LogP contribution in [0, 0.1) is 5.41 Å². The molecule has 1 rings (SSSR count). The number of benzene rings is 1. The second-order valence-corrected chi connectivity index (χ2v) is 4.23. The molecule has 0 spiro atoms. The third kappa shape index (κ3) is 2.19. The van der Waals surface area contributed by atoms with Crippen LogP contribution >= 0.6 is 22.5 Å². The lowest BCUT2D eigenvalue weighted by atomic mass is 10.1. The van der Waals surface area contributed by atoms with Crippen LogP contribution in [-0.2, 0) is 0 Å². The molecule has 4 heteroatoms. The smallest absolute Gasteiger partial charge is 0.128 e. The van der Waals surface area contributed by atoms with Gasteiger partial charge in [-0.15, -0.1) is 11.7 Å². The van der Waals surface area contributed by atoms with Gasteiger partial charge in [0, 0.05) is 22.6 Å². The number of thiol groups is 1. The predicted octanol–water partition coefficient (Wildman–Crippen LogP) is 3.03. The van der Waals surface area contributed by atoms with Gasteiger partial charge in [-0.25, -0.2) is 0 Å². The summed E-state index contributed by atoms with van der Waals surface area (Å²) < 4.78 is 0. The Bertz CT molecular complexity index is 314. The fourth-order valence-electron chi connectivity index (χ4n) is 1.08. The molecule has 0 bridgehead atoms. The molecule has 0 radical (unpaired) electrons. The van der Waals surface area contributed by atoms with E-state index in [4.69, 9.17) is 5.41 Å². The number of hydrogen-bond acceptors (Lipinski definition) is 4. The van der Waals surface area contributed by atoms with E-state index in [1.54, 1.807) is 6.07 Å². The van der Waals surface area contributed by atoms with Gasteiger partial charge in [0.2, 0.25) is 0 Å². The Morgan fingerprint density at radius 1 is 1.62 bits per heavy atom. The van der Waals surface area contributed by atoms with Gasteiger partial charge in [0.05, 0.1) is 0 Å². The van der Waals surface area contributed by atoms with E-state index < -0.39 is 0 Å². The van der Waals surface area contributed by atoms with Crippen molar-refractivity contribution in [1.82, 2.24) is 0 Å². The van der Waals surface area contributed by atoms with Crippen molar-refractivity contribution < 1.29 is 5.11 Å². The fraction of sp³-hybridized carbons (Fsp3) is 0.222. The maximum Gasteiger partial charge on any atom is 0.128 e. The summed E-state index contributed by atoms with van der Waals surface area (Å²) in [7, 11) is 1.37. The summed E-state index contributed by atoms with van der Waals surface area (Å²) in [6.07, 6.45) is 1.15. The maximum absolute atomic E-state index is 9.69. The van der Waals surface area contributed by atoms with Crippen molar-refractivity contribution in [3.05, 3.63) is 29.3 Å². The number of para-hydroxylation sites is 1. The number of phenolic OH excluding ortho intramolecular Hbond substituents is 1. The Hall–Kier alpha value is -0.610. The topological polar surface area (TPSA) is 44.1 Å². The molecule has 0 aliphatic carbocycles. The molecule has 1 atom stereocenters. The Kier molecular flexibility index (Phi) is 3.69. The Morgan fingerprint density at radius 3 is 2.85 bits per heavy atom. The first kappa shape index (κ1) is 10.5. The molecule has 0 amide bonds. The van der Waals surface area contributed by atoms with Crippen LogP contribution in [-0.4, -0.2) is 11.3 Å². The van der Waals surface area contributed by atoms with Crippen molar-refractivity contribution in [2.75, 3.05) is 0 Å². The molecule has 0 saturated heterocycles. The largest absolute Gasteiger partial charge is 0.507 e. The summed E-state index contributed by atoms with van der Waals surface area (Å²) in [4.78, 5) is 0. The van der Waals surface area contributed by atoms with E-state index >= 15 is 0 Å². The van der Waals surface area contributed by atoms with Crippen LogP contribution in [0.15, 0.2) is 18.2 Å². The van der Waals surface area contributed by atoms with Gasteiger partial charge in [-0.2, -0.15) is 0 Å². The number of hydrogen-bond donors (Lipinski definition) is 3. The maximum atomic E-state index is 9.69. The van der Waals surface area contributed by atoms with Crippen molar-refractivity contribution in [2.45, 2.75) is 12.2 Å². The van der Waals surface area contributed by atoms with Gasteiger partial charge in [0.15, 0.2) is 0 Å². The molecule has 13 heavy (non-hydrogen) atoms. The molecule has 1 aromatic rings. The average Bonchev–Trinajstić information content (AvgIpc) is 2.17. The van der Waals surface area contributed by atoms with Crippen molar-refractivity contribution in [3.63, 3.8) is 0 Å². The first-order valence-corrected chi connectivity index (χ1v) is 5.76. The molecule has 0 saturated carbocycles. The molecule has 2 nitrogen and oxygen atoms in total. The van der Waals surface area contributed by atoms with Crippen LogP contribution in [0.3, 0.4) is 0 Å². The van der Waals surface area contributed by atoms with Crippen LogP contribution in [0.5, 0.6) is 5.75 Å². The number of nitrogens with one attached hydrogen (secondary N) is 1. The van der Waals surface area contributed by atoms with Gasteiger partial charge in [0.25, 0.3) is 0 Å². The third-order valence-corrected chi connectivity index (χ3v) is 3.37. The number of aromatic hydroxyl groups is 1. The summed E-state index contributed by atoms with van der Waals surface area (Å²) in [6, 6.07) is 5.38. The van der Waals surface area contributed by atoms with Crippen molar-refractivity contribution in [3.8, 4) is 5.75 Å². The first-order valence-electron chi connectivity index (χ1n) is 3.83. The van der Waals surface area contributed by atoms with Gasteiger partial charge >= 0.3 is 0 Å². The monoisotopic (exact) mass is 213 g/mol. The van der Waals surface area contributed by atoms with E-state index in [-0.39, 0.29) is 11.0 Å². The highest BCUT2D eigenvalue weighted by Crippen LogP contribution is 2.36. The molecular formula is C9H11NOS2. The second kappa shape index (κ2) is 4.58. The van der Waals surface area contributed by atoms with Crippen molar-refractivity contribution in [1.29, 1.82) is 5.41 Å². The SMILES string of the molecule is CC(SS)c1cccc(C=N)c1O. The number of phenols is 1. The molecule has 0 aliphatic rings. The zero-order valence-electron chi connectivity index (χ0n) is 7.19. The van der Waals surface area contributed by atoms with Gasteiger partial charge in [-0.1, -0.05) is 22.9 Å². The van der Waals surface area contributed by atoms with Crippen LogP contribution in [0.4, 0.5) is 0 Å². The van der Waals surface area contributed by atoms with Crippen LogP contribution < -0.4 is 0 Å². The molecule has 2 N–H and O–H groups in total. The molecule has 0 aliphatic heterocycles. The Balaban J connectivity index is 3.15. The lowest BCUT2D eigenvalue weighted by Crippen LogP contribution is -1.90. The molecule has 1 unspecified atom stereocenters. The minimum Gasteiger partial charge on any atom is -0.507 e. The minimum absolute atomic E-state index is 0.128. The quantitative estimate of drug-likeness (QED) is 0.410. The zero-order valence-corrected chi connectivity index (χ0v) is 8.90. The summed E-state index contributed by atoms with van der Waals surface area (Å²) in [6.45, 7) is 1.96. The van der Waals surface area contributed by atoms with E-state index in [0.717, 1.165) is 11.8 Å². The highest BCUT2D eigenvalue weighted by molar-refractivity contribution is 8.68. The normalized spacial score (nSPS) is 12.5. The van der Waals surface area contributed by atoms with E-state index in [9.17, 15) is 5.11 Å². The molecule has 70 valence electrons. The lowest BCUT2D eigenvalue weighted by molar-refractivity contribution is 0.467. The molecule has 0 fully saturated rings. The summed E-state index contributed by atoms with van der Waals surface area (Å²) in [5, 5.41) is 16.9. The zero-order chi connectivity index (χ0) is 9.84. The molecule has 1 aromatic carbocycles. The second-order valence-electron chi connectivity index (χ2n) is 2.68. The summed E-state index contributed by atoms with van der Waals surface area (Å²) >= 11 is 4.09. The van der Waals surface area contributed by atoms with Gasteiger partial charge in [-0.3, -0.25) is 0 Å². The highest BCUT2D eigenvalue weighted by atomic mass is 33.1. The Labute approximate surface area is 86.7 Å². The fourth-order valence-corrected chi connectivity index (χ4v) is 1.73. The van der Waals surface area contributed by atoms with Crippen LogP contribution in [0.2, 0.25) is 0 Å². The van der Waals surface area contributed by atoms with Crippen LogP contribution in [0.1, 0.15) is 23.3 Å². The van der Waals surface area contributed by atoms with E-state index in [0.29, 0.717) is 5.56 Å². The number of rotatable bonds is 3. The minimum atomic E-state index is 0.128. The highest BCUT2D eigenvalue weighted by Gasteiger charge is 2.11. The van der Waals surface area contributed by atoms with Crippen molar-refractivity contribution in [2.24, 2.45) is 0 Å². The van der Waals surface area contributed by atoms with E-state index in [1.165, 1.54) is 10.8 Å². The average molecular weight is 213 g/mol. The van der Waals surface area contributed by atoms with Gasteiger partial charge < -0.3 is 10.5 Å². The van der Waals surface area contributed by atoms with Gasteiger partial charge in [-0.05, 0) is 13.0 Å². The summed E-state index contributed by atoms with van der Waals surface area (Å²) in [5.41, 5.74) is 1.37. The van der Waals surface area contributed by atoms with E-state index in [2.05, 4.69) is 11.7 Å².